The number of unbranched alkanes of at least 4 members (excludes halogenated alkanes) is 1. The normalized spacial score (nSPS) is 11.2. The second-order valence-corrected chi connectivity index (χ2v) is 5.78. The van der Waals surface area contributed by atoms with E-state index in [-0.39, 0.29) is 5.91 Å². The zero-order valence-electron chi connectivity index (χ0n) is 12.4. The van der Waals surface area contributed by atoms with Gasteiger partial charge in [-0.05, 0) is 24.0 Å². The van der Waals surface area contributed by atoms with Gasteiger partial charge in [0.05, 0.1) is 6.42 Å². The summed E-state index contributed by atoms with van der Waals surface area (Å²) < 4.78 is 0. The highest BCUT2D eigenvalue weighted by Gasteiger charge is 2.07. The highest BCUT2D eigenvalue weighted by Crippen LogP contribution is 2.17. The Morgan fingerprint density at radius 1 is 1.25 bits per heavy atom. The summed E-state index contributed by atoms with van der Waals surface area (Å²) >= 11 is 0. The van der Waals surface area contributed by atoms with Gasteiger partial charge >= 0.3 is 0 Å². The maximum Gasteiger partial charge on any atom is 0.224 e. The van der Waals surface area contributed by atoms with E-state index in [1.54, 1.807) is 0 Å². The Bertz CT molecular complexity index is 557. The molecule has 0 saturated heterocycles. The summed E-state index contributed by atoms with van der Waals surface area (Å²) in [6, 6.07) is 8.08. The second kappa shape index (κ2) is 7.13. The topological polar surface area (TPSA) is 44.9 Å². The van der Waals surface area contributed by atoms with E-state index in [1.807, 2.05) is 24.4 Å². The first kappa shape index (κ1) is 14.6. The number of amides is 1. The molecule has 1 aromatic carbocycles. The maximum absolute atomic E-state index is 11.9. The van der Waals surface area contributed by atoms with Crippen LogP contribution in [-0.4, -0.2) is 17.4 Å². The van der Waals surface area contributed by atoms with Crippen molar-refractivity contribution in [3.63, 3.8) is 0 Å². The van der Waals surface area contributed by atoms with Gasteiger partial charge in [-0.25, -0.2) is 0 Å². The highest BCUT2D eigenvalue weighted by atomic mass is 16.1. The van der Waals surface area contributed by atoms with E-state index >= 15 is 0 Å². The largest absolute Gasteiger partial charge is 0.361 e. The molecule has 0 radical (unpaired) electrons. The van der Waals surface area contributed by atoms with Gasteiger partial charge in [-0.2, -0.15) is 0 Å². The monoisotopic (exact) mass is 272 g/mol. The molecule has 1 aromatic heterocycles. The van der Waals surface area contributed by atoms with Crippen molar-refractivity contribution >= 4 is 16.8 Å². The standard InChI is InChI=1S/C17H24N2O/c1-13(2)7-5-6-10-18-17(20)11-14-12-19-16-9-4-3-8-15(14)16/h3-4,8-9,12-13,19H,5-7,10-11H2,1-2H3,(H,18,20). The van der Waals surface area contributed by atoms with Crippen molar-refractivity contribution in [2.45, 2.75) is 39.5 Å². The first-order chi connectivity index (χ1) is 9.66. The SMILES string of the molecule is CC(C)CCCCNC(=O)Cc1c[nH]c2ccccc12. The minimum Gasteiger partial charge on any atom is -0.361 e. The van der Waals surface area contributed by atoms with E-state index in [1.165, 1.54) is 12.8 Å². The molecule has 20 heavy (non-hydrogen) atoms. The van der Waals surface area contributed by atoms with Crippen LogP contribution >= 0.6 is 0 Å². The highest BCUT2D eigenvalue weighted by molar-refractivity contribution is 5.88. The fraction of sp³-hybridized carbons (Fsp3) is 0.471. The van der Waals surface area contributed by atoms with Crippen LogP contribution in [0.2, 0.25) is 0 Å². The number of aromatic amines is 1. The lowest BCUT2D eigenvalue weighted by molar-refractivity contribution is -0.120. The van der Waals surface area contributed by atoms with Gasteiger partial charge in [0.25, 0.3) is 0 Å². The zero-order valence-corrected chi connectivity index (χ0v) is 12.4. The number of nitrogens with one attached hydrogen (secondary N) is 2. The Morgan fingerprint density at radius 3 is 2.85 bits per heavy atom. The molecule has 0 aliphatic rings. The predicted octanol–water partition coefficient (Wildman–Crippen LogP) is 3.65. The Balaban J connectivity index is 1.77. The molecule has 0 aliphatic heterocycles. The molecule has 1 amide bonds. The molecule has 2 aromatic rings. The van der Waals surface area contributed by atoms with E-state index in [9.17, 15) is 4.79 Å². The van der Waals surface area contributed by atoms with Crippen LogP contribution in [0.4, 0.5) is 0 Å². The molecule has 2 N–H and O–H groups in total. The van der Waals surface area contributed by atoms with Crippen LogP contribution in [0.5, 0.6) is 0 Å². The van der Waals surface area contributed by atoms with Gasteiger partial charge in [-0.3, -0.25) is 4.79 Å². The molecule has 0 fully saturated rings. The number of rotatable bonds is 7. The summed E-state index contributed by atoms with van der Waals surface area (Å²) in [5.74, 6) is 0.858. The number of para-hydroxylation sites is 1. The van der Waals surface area contributed by atoms with Crippen molar-refractivity contribution in [1.82, 2.24) is 10.3 Å². The van der Waals surface area contributed by atoms with Crippen molar-refractivity contribution in [2.24, 2.45) is 5.92 Å². The summed E-state index contributed by atoms with van der Waals surface area (Å²) in [7, 11) is 0. The number of carbonyl (C=O) groups excluding carboxylic acids is 1. The van der Waals surface area contributed by atoms with Crippen LogP contribution in [0.25, 0.3) is 10.9 Å². The Kier molecular flexibility index (Phi) is 5.22. The molecule has 0 atom stereocenters. The summed E-state index contributed by atoms with van der Waals surface area (Å²) in [5, 5.41) is 4.15. The molecular formula is C17H24N2O. The molecule has 2 rings (SSSR count). The molecule has 1 heterocycles. The van der Waals surface area contributed by atoms with Crippen molar-refractivity contribution in [3.8, 4) is 0 Å². The summed E-state index contributed by atoms with van der Waals surface area (Å²) in [6.45, 7) is 5.25. The molecule has 3 heteroatoms. The fourth-order valence-electron chi connectivity index (χ4n) is 2.42. The number of hydrogen-bond donors (Lipinski definition) is 2. The Morgan fingerprint density at radius 2 is 2.05 bits per heavy atom. The van der Waals surface area contributed by atoms with Crippen LogP contribution in [0, 0.1) is 5.92 Å². The minimum absolute atomic E-state index is 0.110. The molecule has 0 spiro atoms. The van der Waals surface area contributed by atoms with Crippen molar-refractivity contribution < 1.29 is 4.79 Å². The van der Waals surface area contributed by atoms with Crippen LogP contribution in [0.3, 0.4) is 0 Å². The quantitative estimate of drug-likeness (QED) is 0.742. The van der Waals surface area contributed by atoms with Gasteiger partial charge in [0.1, 0.15) is 0 Å². The van der Waals surface area contributed by atoms with Crippen LogP contribution in [-0.2, 0) is 11.2 Å². The summed E-state index contributed by atoms with van der Waals surface area (Å²) in [4.78, 5) is 15.1. The van der Waals surface area contributed by atoms with E-state index in [2.05, 4.69) is 30.2 Å². The van der Waals surface area contributed by atoms with E-state index in [0.29, 0.717) is 6.42 Å². The summed E-state index contributed by atoms with van der Waals surface area (Å²) in [5.41, 5.74) is 2.16. The van der Waals surface area contributed by atoms with Gasteiger partial charge in [0, 0.05) is 23.6 Å². The smallest absolute Gasteiger partial charge is 0.224 e. The molecule has 108 valence electrons. The van der Waals surface area contributed by atoms with Gasteiger partial charge in [-0.15, -0.1) is 0 Å². The first-order valence-corrected chi connectivity index (χ1v) is 7.48. The van der Waals surface area contributed by atoms with E-state index in [0.717, 1.165) is 35.3 Å². The molecule has 0 unspecified atom stereocenters. The van der Waals surface area contributed by atoms with E-state index < -0.39 is 0 Å². The Labute approximate surface area is 120 Å². The van der Waals surface area contributed by atoms with Gasteiger partial charge in [-0.1, -0.05) is 44.9 Å². The van der Waals surface area contributed by atoms with Crippen molar-refractivity contribution in [1.29, 1.82) is 0 Å². The third-order valence-corrected chi connectivity index (χ3v) is 3.56. The fourth-order valence-corrected chi connectivity index (χ4v) is 2.42. The molecular weight excluding hydrogens is 248 g/mol. The number of benzene rings is 1. The van der Waals surface area contributed by atoms with Gasteiger partial charge in [0.15, 0.2) is 0 Å². The number of hydrogen-bond acceptors (Lipinski definition) is 1. The lowest BCUT2D eigenvalue weighted by Gasteiger charge is -2.06. The first-order valence-electron chi connectivity index (χ1n) is 7.48. The van der Waals surface area contributed by atoms with Crippen molar-refractivity contribution in [2.75, 3.05) is 6.54 Å². The molecule has 0 saturated carbocycles. The average Bonchev–Trinajstić information content (AvgIpc) is 2.81. The van der Waals surface area contributed by atoms with Crippen LogP contribution < -0.4 is 5.32 Å². The molecule has 0 bridgehead atoms. The third kappa shape index (κ3) is 4.12. The minimum atomic E-state index is 0.110. The second-order valence-electron chi connectivity index (χ2n) is 5.78. The zero-order chi connectivity index (χ0) is 14.4. The average molecular weight is 272 g/mol. The van der Waals surface area contributed by atoms with E-state index in [4.69, 9.17) is 0 Å². The van der Waals surface area contributed by atoms with Gasteiger partial charge < -0.3 is 10.3 Å². The number of H-pyrrole nitrogens is 1. The Hall–Kier alpha value is -1.77. The number of aromatic nitrogens is 1. The summed E-state index contributed by atoms with van der Waals surface area (Å²) in [6.07, 6.45) is 5.87. The molecule has 0 aliphatic carbocycles. The molecule has 3 nitrogen and oxygen atoms in total. The van der Waals surface area contributed by atoms with Crippen molar-refractivity contribution in [3.05, 3.63) is 36.0 Å². The van der Waals surface area contributed by atoms with Crippen LogP contribution in [0.1, 0.15) is 38.7 Å². The number of fused-ring (bicyclic) bond motifs is 1. The lowest BCUT2D eigenvalue weighted by Crippen LogP contribution is -2.26. The predicted molar refractivity (Wildman–Crippen MR) is 83.7 cm³/mol. The maximum atomic E-state index is 11.9. The lowest BCUT2D eigenvalue weighted by atomic mass is 10.1. The number of carbonyl (C=O) groups is 1. The van der Waals surface area contributed by atoms with Crippen LogP contribution in [0.15, 0.2) is 30.5 Å². The third-order valence-electron chi connectivity index (χ3n) is 3.56. The van der Waals surface area contributed by atoms with Gasteiger partial charge in [0.2, 0.25) is 5.91 Å².